The molecule has 0 spiro atoms. The first-order valence-corrected chi connectivity index (χ1v) is 7.74. The lowest BCUT2D eigenvalue weighted by Crippen LogP contribution is -2.03. The number of carboxylic acid groups (broad SMARTS) is 1. The van der Waals surface area contributed by atoms with Crippen molar-refractivity contribution in [2.75, 3.05) is 0 Å². The number of aromatic carboxylic acids is 1. The van der Waals surface area contributed by atoms with E-state index in [0.29, 0.717) is 11.7 Å². The molecule has 1 aromatic carbocycles. The van der Waals surface area contributed by atoms with Crippen LogP contribution in [0.5, 0.6) is 5.75 Å². The maximum Gasteiger partial charge on any atom is 0.339 e. The minimum absolute atomic E-state index is 0.146. The normalized spacial score (nSPS) is 10.8. The Balaban J connectivity index is 2.13. The fraction of sp³-hybridized carbons (Fsp3) is 0.286. The zero-order chi connectivity index (χ0) is 14.7. The van der Waals surface area contributed by atoms with Crippen molar-refractivity contribution in [1.29, 1.82) is 0 Å². The average Bonchev–Trinajstić information content (AvgIpc) is 2.85. The van der Waals surface area contributed by atoms with E-state index >= 15 is 0 Å². The number of hydrogen-bond acceptors (Lipinski definition) is 4. The lowest BCUT2D eigenvalue weighted by molar-refractivity contribution is 0.0691. The van der Waals surface area contributed by atoms with Crippen LogP contribution in [-0.2, 0) is 6.61 Å². The fourth-order valence-corrected chi connectivity index (χ4v) is 2.76. The van der Waals surface area contributed by atoms with Gasteiger partial charge in [0.25, 0.3) is 0 Å². The van der Waals surface area contributed by atoms with Crippen molar-refractivity contribution in [2.24, 2.45) is 0 Å². The molecular formula is C14H14BrNO3S. The Morgan fingerprint density at radius 2 is 2.25 bits per heavy atom. The van der Waals surface area contributed by atoms with Gasteiger partial charge >= 0.3 is 5.97 Å². The molecule has 106 valence electrons. The number of ether oxygens (including phenoxy) is 1. The molecule has 2 rings (SSSR count). The van der Waals surface area contributed by atoms with Crippen LogP contribution in [0, 0.1) is 0 Å². The van der Waals surface area contributed by atoms with E-state index in [4.69, 9.17) is 9.84 Å². The quantitative estimate of drug-likeness (QED) is 0.868. The van der Waals surface area contributed by atoms with Gasteiger partial charge in [-0.2, -0.15) is 0 Å². The van der Waals surface area contributed by atoms with Gasteiger partial charge in [-0.15, -0.1) is 11.3 Å². The lowest BCUT2D eigenvalue weighted by Gasteiger charge is -2.08. The van der Waals surface area contributed by atoms with Crippen LogP contribution in [0.2, 0.25) is 0 Å². The van der Waals surface area contributed by atoms with Crippen LogP contribution >= 0.6 is 27.3 Å². The smallest absolute Gasteiger partial charge is 0.339 e. The molecule has 1 aromatic heterocycles. The number of carbonyl (C=O) groups is 1. The van der Waals surface area contributed by atoms with E-state index in [2.05, 4.69) is 34.8 Å². The largest absolute Gasteiger partial charge is 0.486 e. The Morgan fingerprint density at radius 3 is 2.85 bits per heavy atom. The number of benzene rings is 1. The molecule has 0 bridgehead atoms. The van der Waals surface area contributed by atoms with Crippen molar-refractivity contribution in [3.05, 3.63) is 44.3 Å². The number of hydrogen-bond donors (Lipinski definition) is 1. The molecule has 0 atom stereocenters. The first kappa shape index (κ1) is 15.0. The number of carboxylic acids is 1. The van der Waals surface area contributed by atoms with Crippen molar-refractivity contribution in [1.82, 2.24) is 4.98 Å². The highest BCUT2D eigenvalue weighted by Crippen LogP contribution is 2.25. The van der Waals surface area contributed by atoms with Gasteiger partial charge < -0.3 is 9.84 Å². The zero-order valence-electron chi connectivity index (χ0n) is 11.1. The molecule has 0 aliphatic heterocycles. The molecular weight excluding hydrogens is 342 g/mol. The second-order valence-electron chi connectivity index (χ2n) is 4.57. The van der Waals surface area contributed by atoms with Crippen LogP contribution in [0.25, 0.3) is 0 Å². The Kier molecular flexibility index (Phi) is 4.77. The summed E-state index contributed by atoms with van der Waals surface area (Å²) in [4.78, 5) is 15.6. The Hall–Kier alpha value is -1.40. The Labute approximate surface area is 129 Å². The van der Waals surface area contributed by atoms with Gasteiger partial charge in [-0.3, -0.25) is 0 Å². The fourth-order valence-electron chi connectivity index (χ4n) is 1.60. The van der Waals surface area contributed by atoms with E-state index < -0.39 is 5.97 Å². The maximum absolute atomic E-state index is 11.1. The summed E-state index contributed by atoms with van der Waals surface area (Å²) >= 11 is 4.90. The van der Waals surface area contributed by atoms with E-state index in [9.17, 15) is 4.79 Å². The second-order valence-corrected chi connectivity index (χ2v) is 6.37. The zero-order valence-corrected chi connectivity index (χ0v) is 13.5. The second kappa shape index (κ2) is 6.37. The SMILES string of the molecule is CC(C)c1nc(COc2cc(Br)ccc2C(=O)O)cs1. The summed E-state index contributed by atoms with van der Waals surface area (Å²) in [5, 5.41) is 12.1. The number of thiazole rings is 1. The minimum atomic E-state index is -1.01. The van der Waals surface area contributed by atoms with Gasteiger partial charge in [-0.1, -0.05) is 29.8 Å². The monoisotopic (exact) mass is 355 g/mol. The Morgan fingerprint density at radius 1 is 1.50 bits per heavy atom. The van der Waals surface area contributed by atoms with Crippen molar-refractivity contribution >= 4 is 33.2 Å². The minimum Gasteiger partial charge on any atom is -0.486 e. The molecule has 0 aliphatic carbocycles. The van der Waals surface area contributed by atoms with Crippen molar-refractivity contribution < 1.29 is 14.6 Å². The number of nitrogens with zero attached hydrogens (tertiary/aromatic N) is 1. The van der Waals surface area contributed by atoms with E-state index in [1.807, 2.05) is 5.38 Å². The van der Waals surface area contributed by atoms with Crippen molar-refractivity contribution in [2.45, 2.75) is 26.4 Å². The highest BCUT2D eigenvalue weighted by molar-refractivity contribution is 9.10. The van der Waals surface area contributed by atoms with Crippen LogP contribution in [0.3, 0.4) is 0 Å². The molecule has 1 N–H and O–H groups in total. The van der Waals surface area contributed by atoms with Gasteiger partial charge in [-0.05, 0) is 18.2 Å². The molecule has 0 saturated carbocycles. The van der Waals surface area contributed by atoms with Crippen LogP contribution in [0.15, 0.2) is 28.1 Å². The average molecular weight is 356 g/mol. The lowest BCUT2D eigenvalue weighted by atomic mass is 10.2. The summed E-state index contributed by atoms with van der Waals surface area (Å²) in [5.41, 5.74) is 0.961. The van der Waals surface area contributed by atoms with E-state index in [1.165, 1.54) is 6.07 Å². The predicted molar refractivity (Wildman–Crippen MR) is 81.6 cm³/mol. The molecule has 0 saturated heterocycles. The molecule has 2 aromatic rings. The van der Waals surface area contributed by atoms with Crippen molar-refractivity contribution in [3.8, 4) is 5.75 Å². The summed E-state index contributed by atoms with van der Waals surface area (Å²) in [7, 11) is 0. The Bertz CT molecular complexity index is 625. The highest BCUT2D eigenvalue weighted by atomic mass is 79.9. The summed E-state index contributed by atoms with van der Waals surface area (Å²) in [6.07, 6.45) is 0. The highest BCUT2D eigenvalue weighted by Gasteiger charge is 2.13. The topological polar surface area (TPSA) is 59.4 Å². The third-order valence-corrected chi connectivity index (χ3v) is 4.30. The van der Waals surface area contributed by atoms with Crippen molar-refractivity contribution in [3.63, 3.8) is 0 Å². The molecule has 6 heteroatoms. The first-order valence-electron chi connectivity index (χ1n) is 6.07. The van der Waals surface area contributed by atoms with E-state index in [0.717, 1.165) is 15.2 Å². The molecule has 0 fully saturated rings. The summed E-state index contributed by atoms with van der Waals surface area (Å²) in [6.45, 7) is 4.43. The third kappa shape index (κ3) is 3.58. The van der Waals surface area contributed by atoms with Gasteiger partial charge in [0.1, 0.15) is 17.9 Å². The molecule has 0 unspecified atom stereocenters. The van der Waals surface area contributed by atoms with Gasteiger partial charge in [-0.25, -0.2) is 9.78 Å². The summed E-state index contributed by atoms with van der Waals surface area (Å²) in [6, 6.07) is 4.84. The maximum atomic E-state index is 11.1. The molecule has 0 radical (unpaired) electrons. The standard InChI is InChI=1S/C14H14BrNO3S/c1-8(2)13-16-10(7-20-13)6-19-12-5-9(15)3-4-11(12)14(17)18/h3-5,7-8H,6H2,1-2H3,(H,17,18). The number of halogens is 1. The van der Waals surface area contributed by atoms with Crippen LogP contribution in [0.4, 0.5) is 0 Å². The van der Waals surface area contributed by atoms with Crippen LogP contribution < -0.4 is 4.74 Å². The van der Waals surface area contributed by atoms with Crippen LogP contribution in [0.1, 0.15) is 40.8 Å². The molecule has 4 nitrogen and oxygen atoms in total. The summed E-state index contributed by atoms with van der Waals surface area (Å²) < 4.78 is 6.37. The molecule has 1 heterocycles. The van der Waals surface area contributed by atoms with E-state index in [-0.39, 0.29) is 12.2 Å². The summed E-state index contributed by atoms with van der Waals surface area (Å²) in [5.74, 6) is -0.284. The predicted octanol–water partition coefficient (Wildman–Crippen LogP) is 4.31. The molecule has 0 aliphatic rings. The van der Waals surface area contributed by atoms with Crippen LogP contribution in [-0.4, -0.2) is 16.1 Å². The third-order valence-electron chi connectivity index (χ3n) is 2.61. The number of aromatic nitrogens is 1. The van der Waals surface area contributed by atoms with Gasteiger partial charge in [0, 0.05) is 15.8 Å². The van der Waals surface area contributed by atoms with Gasteiger partial charge in [0.2, 0.25) is 0 Å². The first-order chi connectivity index (χ1) is 9.47. The molecule has 20 heavy (non-hydrogen) atoms. The number of rotatable bonds is 5. The molecule has 0 amide bonds. The van der Waals surface area contributed by atoms with Gasteiger partial charge in [0.15, 0.2) is 0 Å². The van der Waals surface area contributed by atoms with Gasteiger partial charge in [0.05, 0.1) is 10.7 Å². The van der Waals surface area contributed by atoms with E-state index in [1.54, 1.807) is 23.5 Å².